The number of fused-ring (bicyclic) bond motifs is 20. The Morgan fingerprint density at radius 1 is 0.212 bits per heavy atom. The molecule has 0 amide bonds. The minimum Gasteiger partial charge on any atom is -0.308 e. The summed E-state index contributed by atoms with van der Waals surface area (Å²) < 4.78 is 2.66. The summed E-state index contributed by atoms with van der Waals surface area (Å²) in [6.07, 6.45) is 0. The number of nitrogens with zero attached hydrogens (tertiary/aromatic N) is 4. The fourth-order valence-electron chi connectivity index (χ4n) is 19.7. The summed E-state index contributed by atoms with van der Waals surface area (Å²) in [7, 11) is -2.76. The van der Waals surface area contributed by atoms with E-state index in [1.54, 1.807) is 0 Å². The van der Waals surface area contributed by atoms with Gasteiger partial charge in [-0.1, -0.05) is 295 Å². The highest BCUT2D eigenvalue weighted by molar-refractivity contribution is 8.00. The second-order valence-corrected chi connectivity index (χ2v) is 40.6. The minimum absolute atomic E-state index is 1.16. The van der Waals surface area contributed by atoms with Gasteiger partial charge in [0.15, 0.2) is 8.07 Å². The molecular formula is C108H68N4S5Si. The SMILES string of the molecule is Cc1ccc([Si]2(c3ccc(C)cc3)c3ccccc3-c3cc4c(cc32)N(c2ccc3c5ccc(N6c7ccccc7Sc7ccccc76)cc5c5ccccc5c3c2)c2ccccc2S4)cc1.c1ccc2c(c1)Sc1ccccc1N2c1ccc2ccc3c(N4c5ccccc5Sc5cc6c(cc54)sc4ccccc46)ccc4ccc1c2c43. The van der Waals surface area contributed by atoms with E-state index in [0.717, 1.165) is 5.69 Å². The van der Waals surface area contributed by atoms with Gasteiger partial charge in [0.25, 0.3) is 0 Å². The molecule has 6 heterocycles. The van der Waals surface area contributed by atoms with Gasteiger partial charge in [-0.25, -0.2) is 0 Å². The van der Waals surface area contributed by atoms with Gasteiger partial charge in [0.05, 0.1) is 56.9 Å². The van der Waals surface area contributed by atoms with Gasteiger partial charge in [-0.05, 0) is 239 Å². The predicted octanol–water partition coefficient (Wildman–Crippen LogP) is 29.8. The normalized spacial score (nSPS) is 13.9. The lowest BCUT2D eigenvalue weighted by Gasteiger charge is -2.36. The summed E-state index contributed by atoms with van der Waals surface area (Å²) in [5, 5.41) is 23.7. The van der Waals surface area contributed by atoms with Crippen molar-refractivity contribution >= 4 is 240 Å². The molecule has 0 atom stereocenters. The lowest BCUT2D eigenvalue weighted by Crippen LogP contribution is -2.72. The van der Waals surface area contributed by atoms with Crippen molar-refractivity contribution in [2.75, 3.05) is 19.6 Å². The first-order valence-electron chi connectivity index (χ1n) is 40.2. The van der Waals surface area contributed by atoms with Crippen LogP contribution < -0.4 is 40.3 Å². The van der Waals surface area contributed by atoms with Crippen LogP contribution in [0.3, 0.4) is 0 Å². The van der Waals surface area contributed by atoms with Crippen molar-refractivity contribution in [2.45, 2.75) is 53.0 Å². The van der Waals surface area contributed by atoms with Crippen LogP contribution in [0.5, 0.6) is 0 Å². The molecule has 554 valence electrons. The number of rotatable bonds is 6. The first-order chi connectivity index (χ1) is 58.3. The number of hydrogen-bond donors (Lipinski definition) is 0. The van der Waals surface area contributed by atoms with E-state index in [1.165, 1.54) is 230 Å². The number of anilines is 12. The molecule has 5 aliphatic rings. The molecule has 118 heavy (non-hydrogen) atoms. The minimum atomic E-state index is -2.76. The lowest BCUT2D eigenvalue weighted by atomic mass is 9.91. The van der Waals surface area contributed by atoms with Gasteiger partial charge in [0, 0.05) is 81.5 Å². The quantitative estimate of drug-likeness (QED) is 0.119. The highest BCUT2D eigenvalue weighted by atomic mass is 32.2. The molecule has 21 aromatic rings. The molecule has 0 saturated heterocycles. The molecule has 0 N–H and O–H groups in total. The molecule has 0 unspecified atom stereocenters. The molecule has 0 saturated carbocycles. The van der Waals surface area contributed by atoms with E-state index in [1.807, 2.05) is 58.4 Å². The second-order valence-electron chi connectivity index (χ2n) is 31.5. The van der Waals surface area contributed by atoms with Crippen molar-refractivity contribution in [3.8, 4) is 11.1 Å². The third kappa shape index (κ3) is 10.3. The average molecular weight is 1610 g/mol. The van der Waals surface area contributed by atoms with Crippen molar-refractivity contribution in [1.29, 1.82) is 0 Å². The molecule has 0 fully saturated rings. The van der Waals surface area contributed by atoms with E-state index >= 15 is 0 Å². The first-order valence-corrected chi connectivity index (χ1v) is 46.3. The van der Waals surface area contributed by atoms with E-state index < -0.39 is 8.07 Å². The van der Waals surface area contributed by atoms with Crippen LogP contribution in [0.1, 0.15) is 11.1 Å². The molecule has 10 heteroatoms. The van der Waals surface area contributed by atoms with Crippen molar-refractivity contribution in [3.63, 3.8) is 0 Å². The molecule has 20 aromatic carbocycles. The van der Waals surface area contributed by atoms with Gasteiger partial charge >= 0.3 is 0 Å². The molecule has 4 nitrogen and oxygen atoms in total. The Morgan fingerprint density at radius 2 is 0.585 bits per heavy atom. The fraction of sp³-hybridized carbons (Fsp3) is 0.0185. The van der Waals surface area contributed by atoms with Crippen LogP contribution in [-0.2, 0) is 0 Å². The lowest BCUT2D eigenvalue weighted by molar-refractivity contribution is 1.17. The zero-order valence-corrected chi connectivity index (χ0v) is 69.2. The molecule has 26 rings (SSSR count). The molecule has 0 aliphatic carbocycles. The van der Waals surface area contributed by atoms with Gasteiger partial charge in [0.1, 0.15) is 0 Å². The largest absolute Gasteiger partial charge is 0.308 e. The van der Waals surface area contributed by atoms with Crippen LogP contribution in [0, 0.1) is 13.8 Å². The smallest absolute Gasteiger partial charge is 0.180 e. The Bertz CT molecular complexity index is 7690. The zero-order chi connectivity index (χ0) is 77.6. The van der Waals surface area contributed by atoms with E-state index in [-0.39, 0.29) is 0 Å². The number of aryl methyl sites for hydroxylation is 2. The number of thiophene rings is 1. The molecule has 5 aliphatic heterocycles. The number of para-hydroxylation sites is 6. The van der Waals surface area contributed by atoms with E-state index in [0.29, 0.717) is 0 Å². The predicted molar refractivity (Wildman–Crippen MR) is 509 cm³/mol. The van der Waals surface area contributed by atoms with Gasteiger partial charge in [-0.3, -0.25) is 0 Å². The van der Waals surface area contributed by atoms with Crippen LogP contribution in [0.15, 0.2) is 415 Å². The van der Waals surface area contributed by atoms with Gasteiger partial charge in [0.2, 0.25) is 0 Å². The Labute approximate surface area is 705 Å². The maximum absolute atomic E-state index is 2.76. The summed E-state index contributed by atoms with van der Waals surface area (Å²) in [6, 6.07) is 142. The van der Waals surface area contributed by atoms with Gasteiger partial charge in [-0.2, -0.15) is 0 Å². The van der Waals surface area contributed by atoms with Gasteiger partial charge in [-0.15, -0.1) is 11.3 Å². The highest BCUT2D eigenvalue weighted by Crippen LogP contribution is 2.60. The third-order valence-electron chi connectivity index (χ3n) is 25.0. The molecule has 0 radical (unpaired) electrons. The van der Waals surface area contributed by atoms with Crippen LogP contribution in [-0.4, -0.2) is 8.07 Å². The van der Waals surface area contributed by atoms with E-state index in [2.05, 4.69) is 410 Å². The van der Waals surface area contributed by atoms with E-state index in [9.17, 15) is 0 Å². The summed E-state index contributed by atoms with van der Waals surface area (Å²) in [6.45, 7) is 4.40. The highest BCUT2D eigenvalue weighted by Gasteiger charge is 2.50. The number of hydrogen-bond acceptors (Lipinski definition) is 9. The van der Waals surface area contributed by atoms with Crippen molar-refractivity contribution < 1.29 is 0 Å². The molecular weight excluding hydrogens is 1540 g/mol. The zero-order valence-electron chi connectivity index (χ0n) is 64.1. The molecule has 0 spiro atoms. The monoisotopic (exact) mass is 1610 g/mol. The topological polar surface area (TPSA) is 13.0 Å². The Hall–Kier alpha value is -12.7. The number of benzene rings is 20. The average Bonchev–Trinajstić information content (AvgIpc) is 1.57. The van der Waals surface area contributed by atoms with Crippen LogP contribution in [0.25, 0.3) is 95.9 Å². The third-order valence-corrected chi connectivity index (χ3v) is 35.5. The van der Waals surface area contributed by atoms with Crippen molar-refractivity contribution in [1.82, 2.24) is 0 Å². The standard InChI is InChI=1S/C62H42N2S2Si.C46H26N2S3/c1-39-23-29-43(30-24-39)67(44-31-25-40(2)26-32-44)61-22-12-5-15-49(61)52-37-60-56(38-62(52)67)64(55-18-8-11-21-59(55)66-60)42-28-34-48-47-33-27-41(35-50(47)45-13-3-4-14-46(45)51(48)36-42)63-53-16-6-9-19-57(53)65-58-20-10-7-17-54(58)63;1-5-13-39-29(9-1)32-25-44-38(26-43(32)49-39)48(37-12-4-8-16-42(37)51-44)34-24-20-28-17-21-30-33(23-19-27-18-22-31(34)46(28)45(27)30)47-35-10-2-6-14-40(35)50-41-15-7-3-11-36(41)47/h3-38H,1-2H3;1-26H. The molecule has 1 aromatic heterocycles. The Kier molecular flexibility index (Phi) is 15.5. The summed E-state index contributed by atoms with van der Waals surface area (Å²) in [5.41, 5.74) is 19.8. The Balaban J connectivity index is 0.000000136. The summed E-state index contributed by atoms with van der Waals surface area (Å²) in [5.74, 6) is 0. The van der Waals surface area contributed by atoms with Crippen molar-refractivity contribution in [2.24, 2.45) is 0 Å². The molecule has 0 bridgehead atoms. The van der Waals surface area contributed by atoms with E-state index in [4.69, 9.17) is 0 Å². The van der Waals surface area contributed by atoms with Crippen LogP contribution in [0.2, 0.25) is 0 Å². The van der Waals surface area contributed by atoms with Crippen molar-refractivity contribution in [3.05, 3.63) is 387 Å². The van der Waals surface area contributed by atoms with Crippen LogP contribution in [0.4, 0.5) is 68.2 Å². The fourth-order valence-corrected chi connectivity index (χ4v) is 30.3. The second kappa shape index (κ2) is 26.6. The first kappa shape index (κ1) is 68.5. The summed E-state index contributed by atoms with van der Waals surface area (Å²) >= 11 is 9.37. The maximum atomic E-state index is 2.60. The summed E-state index contributed by atoms with van der Waals surface area (Å²) in [4.78, 5) is 20.2. The Morgan fingerprint density at radius 3 is 1.08 bits per heavy atom. The maximum Gasteiger partial charge on any atom is 0.180 e. The van der Waals surface area contributed by atoms with Gasteiger partial charge < -0.3 is 19.6 Å². The van der Waals surface area contributed by atoms with Crippen LogP contribution >= 0.6 is 58.4 Å².